The van der Waals surface area contributed by atoms with Gasteiger partial charge in [-0.1, -0.05) is 31.4 Å². The number of urea groups is 1. The molecule has 1 fully saturated rings. The summed E-state index contributed by atoms with van der Waals surface area (Å²) in [6, 6.07) is 6.48. The van der Waals surface area contributed by atoms with Crippen molar-refractivity contribution >= 4 is 11.7 Å². The Hall–Kier alpha value is -1.58. The Morgan fingerprint density at radius 1 is 1.25 bits per heavy atom. The maximum atomic E-state index is 13.6. The third-order valence-electron chi connectivity index (χ3n) is 3.87. The fourth-order valence-electron chi connectivity index (χ4n) is 2.92. The second-order valence-electron chi connectivity index (χ2n) is 5.70. The first-order valence-corrected chi connectivity index (χ1v) is 7.43. The van der Waals surface area contributed by atoms with Gasteiger partial charge in [0.1, 0.15) is 5.82 Å². The summed E-state index contributed by atoms with van der Waals surface area (Å²) in [5.74, 6) is -0.395. The zero-order valence-corrected chi connectivity index (χ0v) is 12.2. The molecule has 1 N–H and O–H groups in total. The first-order chi connectivity index (χ1) is 9.59. The smallest absolute Gasteiger partial charge is 0.319 e. The number of nitrogens with zero attached hydrogens (tertiary/aromatic N) is 1. The molecule has 1 saturated carbocycles. The van der Waals surface area contributed by atoms with Crippen molar-refractivity contribution in [2.75, 3.05) is 5.32 Å². The second-order valence-corrected chi connectivity index (χ2v) is 5.70. The molecule has 1 aromatic rings. The molecule has 0 bridgehead atoms. The largest absolute Gasteiger partial charge is 0.322 e. The highest BCUT2D eigenvalue weighted by atomic mass is 19.1. The van der Waals surface area contributed by atoms with Gasteiger partial charge in [0.2, 0.25) is 0 Å². The summed E-state index contributed by atoms with van der Waals surface area (Å²) in [6.45, 7) is 4.02. The van der Waals surface area contributed by atoms with Gasteiger partial charge in [-0.2, -0.15) is 0 Å². The number of nitrogens with one attached hydrogen (secondary N) is 1. The topological polar surface area (TPSA) is 32.3 Å². The van der Waals surface area contributed by atoms with E-state index in [9.17, 15) is 9.18 Å². The van der Waals surface area contributed by atoms with Crippen LogP contribution in [0.4, 0.5) is 14.9 Å². The first-order valence-electron chi connectivity index (χ1n) is 7.43. The molecule has 0 atom stereocenters. The summed E-state index contributed by atoms with van der Waals surface area (Å²) in [5, 5.41) is 2.70. The van der Waals surface area contributed by atoms with E-state index in [4.69, 9.17) is 0 Å². The molecule has 0 saturated heterocycles. The van der Waals surface area contributed by atoms with Gasteiger partial charge in [-0.3, -0.25) is 0 Å². The standard InChI is InChI=1S/C16H23FN2O/c1-12(2)19(13-8-4-3-5-9-13)16(20)18-15-11-7-6-10-14(15)17/h6-7,10-13H,3-5,8-9H2,1-2H3,(H,18,20). The Morgan fingerprint density at radius 2 is 1.90 bits per heavy atom. The lowest BCUT2D eigenvalue weighted by Gasteiger charge is -2.37. The van der Waals surface area contributed by atoms with Crippen LogP contribution in [0.1, 0.15) is 46.0 Å². The van der Waals surface area contributed by atoms with Gasteiger partial charge in [0.05, 0.1) is 5.69 Å². The number of anilines is 1. The van der Waals surface area contributed by atoms with Crippen molar-refractivity contribution in [1.29, 1.82) is 0 Å². The van der Waals surface area contributed by atoms with Gasteiger partial charge in [-0.15, -0.1) is 0 Å². The number of rotatable bonds is 3. The molecule has 1 aliphatic rings. The predicted octanol–water partition coefficient (Wildman–Crippen LogP) is 4.40. The molecule has 4 heteroatoms. The number of hydrogen-bond acceptors (Lipinski definition) is 1. The van der Waals surface area contributed by atoms with Crippen molar-refractivity contribution in [2.24, 2.45) is 0 Å². The van der Waals surface area contributed by atoms with Gasteiger partial charge in [0.15, 0.2) is 0 Å². The van der Waals surface area contributed by atoms with Crippen molar-refractivity contribution in [3.05, 3.63) is 30.1 Å². The zero-order valence-electron chi connectivity index (χ0n) is 12.2. The number of halogens is 1. The minimum absolute atomic E-state index is 0.116. The fraction of sp³-hybridized carbons (Fsp3) is 0.562. The molecule has 1 aromatic carbocycles. The van der Waals surface area contributed by atoms with Crippen LogP contribution in [0.2, 0.25) is 0 Å². The number of para-hydroxylation sites is 1. The van der Waals surface area contributed by atoms with Crippen LogP contribution >= 0.6 is 0 Å². The van der Waals surface area contributed by atoms with Crippen LogP contribution in [-0.4, -0.2) is 23.0 Å². The van der Waals surface area contributed by atoms with Crippen molar-refractivity contribution in [3.8, 4) is 0 Å². The second kappa shape index (κ2) is 6.73. The molecule has 0 spiro atoms. The molecule has 0 radical (unpaired) electrons. The molecule has 0 unspecified atom stereocenters. The van der Waals surface area contributed by atoms with Crippen LogP contribution in [0.5, 0.6) is 0 Å². The third kappa shape index (κ3) is 3.50. The molecule has 2 amide bonds. The number of carbonyl (C=O) groups excluding carboxylic acids is 1. The minimum Gasteiger partial charge on any atom is -0.319 e. The molecule has 1 aliphatic carbocycles. The van der Waals surface area contributed by atoms with Crippen molar-refractivity contribution in [2.45, 2.75) is 58.0 Å². The Labute approximate surface area is 120 Å². The number of benzene rings is 1. The highest BCUT2D eigenvalue weighted by molar-refractivity contribution is 5.89. The first kappa shape index (κ1) is 14.8. The van der Waals surface area contributed by atoms with Crippen LogP contribution in [0.25, 0.3) is 0 Å². The third-order valence-corrected chi connectivity index (χ3v) is 3.87. The molecule has 0 heterocycles. The van der Waals surface area contributed by atoms with Crippen molar-refractivity contribution in [3.63, 3.8) is 0 Å². The highest BCUT2D eigenvalue weighted by Crippen LogP contribution is 2.25. The molecule has 110 valence electrons. The average molecular weight is 278 g/mol. The van der Waals surface area contributed by atoms with E-state index in [1.807, 2.05) is 18.7 Å². The van der Waals surface area contributed by atoms with E-state index in [1.165, 1.54) is 25.3 Å². The summed E-state index contributed by atoms with van der Waals surface area (Å²) in [6.07, 6.45) is 5.67. The van der Waals surface area contributed by atoms with E-state index >= 15 is 0 Å². The fourth-order valence-corrected chi connectivity index (χ4v) is 2.92. The number of amides is 2. The quantitative estimate of drug-likeness (QED) is 0.873. The Kier molecular flexibility index (Phi) is 4.99. The maximum absolute atomic E-state index is 13.6. The van der Waals surface area contributed by atoms with Crippen molar-refractivity contribution in [1.82, 2.24) is 4.90 Å². The molecule has 20 heavy (non-hydrogen) atoms. The predicted molar refractivity (Wildman–Crippen MR) is 79.3 cm³/mol. The summed E-state index contributed by atoms with van der Waals surface area (Å²) in [7, 11) is 0. The Bertz CT molecular complexity index is 456. The van der Waals surface area contributed by atoms with Gasteiger partial charge in [-0.05, 0) is 38.8 Å². The summed E-state index contributed by atoms with van der Waals surface area (Å²) in [5.41, 5.74) is 0.249. The normalized spacial score (nSPS) is 16.2. The van der Waals surface area contributed by atoms with Gasteiger partial charge < -0.3 is 10.2 Å². The minimum atomic E-state index is -0.395. The van der Waals surface area contributed by atoms with E-state index in [0.717, 1.165) is 12.8 Å². The molecule has 0 aromatic heterocycles. The van der Waals surface area contributed by atoms with E-state index in [2.05, 4.69) is 5.32 Å². The number of hydrogen-bond donors (Lipinski definition) is 1. The molecule has 0 aliphatic heterocycles. The maximum Gasteiger partial charge on any atom is 0.322 e. The summed E-state index contributed by atoms with van der Waals surface area (Å²) in [4.78, 5) is 14.3. The van der Waals surface area contributed by atoms with E-state index in [1.54, 1.807) is 18.2 Å². The van der Waals surface area contributed by atoms with E-state index in [0.29, 0.717) is 0 Å². The lowest BCUT2D eigenvalue weighted by Crippen LogP contribution is -2.47. The van der Waals surface area contributed by atoms with Gasteiger partial charge in [-0.25, -0.2) is 9.18 Å². The molecular formula is C16H23FN2O. The average Bonchev–Trinajstić information content (AvgIpc) is 2.42. The Morgan fingerprint density at radius 3 is 2.50 bits per heavy atom. The zero-order chi connectivity index (χ0) is 14.5. The van der Waals surface area contributed by atoms with Crippen LogP contribution in [0.3, 0.4) is 0 Å². The van der Waals surface area contributed by atoms with Crippen molar-refractivity contribution < 1.29 is 9.18 Å². The van der Waals surface area contributed by atoms with Crippen LogP contribution in [0, 0.1) is 5.82 Å². The lowest BCUT2D eigenvalue weighted by atomic mass is 9.93. The Balaban J connectivity index is 2.09. The summed E-state index contributed by atoms with van der Waals surface area (Å²) >= 11 is 0. The van der Waals surface area contributed by atoms with Crippen LogP contribution < -0.4 is 5.32 Å². The SMILES string of the molecule is CC(C)N(C(=O)Nc1ccccc1F)C1CCCCC1. The molecule has 2 rings (SSSR count). The highest BCUT2D eigenvalue weighted by Gasteiger charge is 2.27. The van der Waals surface area contributed by atoms with Gasteiger partial charge in [0.25, 0.3) is 0 Å². The molecule has 3 nitrogen and oxygen atoms in total. The van der Waals surface area contributed by atoms with Gasteiger partial charge >= 0.3 is 6.03 Å². The number of carbonyl (C=O) groups is 1. The van der Waals surface area contributed by atoms with Gasteiger partial charge in [0, 0.05) is 12.1 Å². The van der Waals surface area contributed by atoms with Crippen LogP contribution in [0.15, 0.2) is 24.3 Å². The molecular weight excluding hydrogens is 255 g/mol. The van der Waals surface area contributed by atoms with E-state index < -0.39 is 5.82 Å². The summed E-state index contributed by atoms with van der Waals surface area (Å²) < 4.78 is 13.6. The lowest BCUT2D eigenvalue weighted by molar-refractivity contribution is 0.145. The van der Waals surface area contributed by atoms with E-state index in [-0.39, 0.29) is 23.8 Å². The van der Waals surface area contributed by atoms with Crippen LogP contribution in [-0.2, 0) is 0 Å². The monoisotopic (exact) mass is 278 g/mol.